The molecule has 0 unspecified atom stereocenters. The number of hydrogen-bond acceptors (Lipinski definition) is 8. The summed E-state index contributed by atoms with van der Waals surface area (Å²) in [5.74, 6) is -0.643. The fourth-order valence-corrected chi connectivity index (χ4v) is 5.10. The first-order valence-electron chi connectivity index (χ1n) is 14.0. The predicted molar refractivity (Wildman–Crippen MR) is 159 cm³/mol. The Morgan fingerprint density at radius 2 is 2.05 bits per heavy atom. The van der Waals surface area contributed by atoms with E-state index in [0.717, 1.165) is 17.7 Å². The van der Waals surface area contributed by atoms with Crippen LogP contribution in [-0.4, -0.2) is 75.4 Å². The molecule has 0 fully saturated rings. The number of carbonyl (C=O) groups excluding carboxylic acids is 3. The van der Waals surface area contributed by atoms with Crippen LogP contribution in [-0.2, 0) is 17.9 Å². The Kier molecular flexibility index (Phi) is 11.1. The second-order valence-electron chi connectivity index (χ2n) is 10.2. The molecule has 0 saturated carbocycles. The number of hydrogen-bond donors (Lipinski definition) is 2. The highest BCUT2D eigenvalue weighted by atomic mass is 32.2. The lowest BCUT2D eigenvalue weighted by Crippen LogP contribution is -2.47. The van der Waals surface area contributed by atoms with Gasteiger partial charge in [-0.05, 0) is 67.7 Å². The molecular formula is C30H34FN7O4S. The van der Waals surface area contributed by atoms with E-state index in [4.69, 9.17) is 4.74 Å². The highest BCUT2D eigenvalue weighted by Crippen LogP contribution is 2.19. The lowest BCUT2D eigenvalue weighted by atomic mass is 10.1. The Morgan fingerprint density at radius 1 is 1.21 bits per heavy atom. The van der Waals surface area contributed by atoms with Gasteiger partial charge in [0.05, 0.1) is 31.0 Å². The maximum Gasteiger partial charge on any atom is 0.254 e. The van der Waals surface area contributed by atoms with Gasteiger partial charge in [0.25, 0.3) is 11.8 Å². The van der Waals surface area contributed by atoms with Crippen LogP contribution in [0.1, 0.15) is 56.8 Å². The van der Waals surface area contributed by atoms with Crippen LogP contribution in [0.15, 0.2) is 42.6 Å². The summed E-state index contributed by atoms with van der Waals surface area (Å²) >= 11 is 1.57. The van der Waals surface area contributed by atoms with Gasteiger partial charge < -0.3 is 20.3 Å². The van der Waals surface area contributed by atoms with Crippen molar-refractivity contribution in [2.24, 2.45) is 0 Å². The summed E-state index contributed by atoms with van der Waals surface area (Å²) in [4.78, 5) is 41.3. The smallest absolute Gasteiger partial charge is 0.254 e. The van der Waals surface area contributed by atoms with E-state index >= 15 is 0 Å². The van der Waals surface area contributed by atoms with Crippen molar-refractivity contribution in [2.45, 2.75) is 45.3 Å². The van der Waals surface area contributed by atoms with Crippen LogP contribution in [0.5, 0.6) is 5.75 Å². The number of fused-ring (bicyclic) bond motifs is 4. The number of nitriles is 1. The number of benzene rings is 2. The first-order chi connectivity index (χ1) is 20.8. The quantitative estimate of drug-likeness (QED) is 0.461. The molecule has 13 heteroatoms. The molecule has 4 bridgehead atoms. The summed E-state index contributed by atoms with van der Waals surface area (Å²) < 4.78 is 21.7. The summed E-state index contributed by atoms with van der Waals surface area (Å²) in [6.45, 7) is 3.25. The number of rotatable bonds is 4. The number of thioether (sulfide) groups is 1. The molecule has 2 N–H and O–H groups in total. The SMILES string of the molecule is CSCC[C@@H]1NC(=O)c2cc(ccc2C)OCCCn2cc(nn2)CN(C(=O)c2cc(F)cc(C#N)c2)CCCNC1=O. The third-order valence-corrected chi connectivity index (χ3v) is 7.53. The van der Waals surface area contributed by atoms with Crippen LogP contribution < -0.4 is 15.4 Å². The van der Waals surface area contributed by atoms with Crippen molar-refractivity contribution >= 4 is 29.5 Å². The van der Waals surface area contributed by atoms with Gasteiger partial charge in [-0.3, -0.25) is 19.1 Å². The highest BCUT2D eigenvalue weighted by Gasteiger charge is 2.23. The molecule has 3 aromatic rings. The zero-order valence-corrected chi connectivity index (χ0v) is 25.0. The van der Waals surface area contributed by atoms with Crippen molar-refractivity contribution < 1.29 is 23.5 Å². The highest BCUT2D eigenvalue weighted by molar-refractivity contribution is 7.98. The van der Waals surface area contributed by atoms with E-state index in [0.29, 0.717) is 55.2 Å². The van der Waals surface area contributed by atoms with Gasteiger partial charge in [0.15, 0.2) is 0 Å². The van der Waals surface area contributed by atoms with E-state index in [9.17, 15) is 24.0 Å². The van der Waals surface area contributed by atoms with E-state index in [2.05, 4.69) is 20.9 Å². The Morgan fingerprint density at radius 3 is 2.84 bits per heavy atom. The van der Waals surface area contributed by atoms with Gasteiger partial charge in [-0.25, -0.2) is 4.39 Å². The Balaban J connectivity index is 1.57. The molecule has 1 atom stereocenters. The van der Waals surface area contributed by atoms with Crippen molar-refractivity contribution in [1.82, 2.24) is 30.5 Å². The standard InChI is InChI=1S/C30H34FN7O4S/c1-20-5-6-25-16-26(20)28(39)34-27(7-12-43-2)29(40)33-8-3-9-37(18-24-19-38(36-35-24)10-4-11-42-25)30(41)22-13-21(17-32)14-23(31)15-22/h5-6,13-16,19,27H,3-4,7-12,18H2,1-2H3,(H,33,40)(H,34,39)/t27-/m0/s1. The molecule has 1 aliphatic rings. The van der Waals surface area contributed by atoms with Gasteiger partial charge in [0.1, 0.15) is 23.3 Å². The molecule has 4 rings (SSSR count). The van der Waals surface area contributed by atoms with Crippen LogP contribution in [0, 0.1) is 24.1 Å². The van der Waals surface area contributed by atoms with E-state index in [1.807, 2.05) is 25.3 Å². The minimum atomic E-state index is -0.751. The minimum absolute atomic E-state index is 0.0385. The zero-order valence-electron chi connectivity index (χ0n) is 24.1. The molecule has 0 aliphatic carbocycles. The van der Waals surface area contributed by atoms with Crippen molar-refractivity contribution in [1.29, 1.82) is 5.26 Å². The van der Waals surface area contributed by atoms with Gasteiger partial charge in [-0.2, -0.15) is 17.0 Å². The average molecular weight is 608 g/mol. The molecule has 1 aromatic heterocycles. The third-order valence-electron chi connectivity index (χ3n) is 6.89. The number of ether oxygens (including phenoxy) is 1. The lowest BCUT2D eigenvalue weighted by molar-refractivity contribution is -0.123. The molecule has 0 radical (unpaired) electrons. The third kappa shape index (κ3) is 8.78. The normalized spacial score (nSPS) is 16.8. The molecule has 3 amide bonds. The zero-order chi connectivity index (χ0) is 30.8. The number of halogens is 1. The van der Waals surface area contributed by atoms with Gasteiger partial charge in [0, 0.05) is 37.2 Å². The van der Waals surface area contributed by atoms with Gasteiger partial charge in [0.2, 0.25) is 5.91 Å². The van der Waals surface area contributed by atoms with Crippen LogP contribution in [0.4, 0.5) is 4.39 Å². The van der Waals surface area contributed by atoms with Gasteiger partial charge >= 0.3 is 0 Å². The van der Waals surface area contributed by atoms with Crippen LogP contribution in [0.3, 0.4) is 0 Å². The number of nitrogens with one attached hydrogen (secondary N) is 2. The molecule has 11 nitrogen and oxygen atoms in total. The maximum atomic E-state index is 14.1. The molecule has 2 aromatic carbocycles. The number of aryl methyl sites for hydroxylation is 2. The first kappa shape index (κ1) is 31.5. The molecule has 0 saturated heterocycles. The monoisotopic (exact) mass is 607 g/mol. The topological polar surface area (TPSA) is 142 Å². The Bertz CT molecular complexity index is 1510. The fraction of sp³-hybridized carbons (Fsp3) is 0.400. The summed E-state index contributed by atoms with van der Waals surface area (Å²) in [5, 5.41) is 23.3. The maximum absolute atomic E-state index is 14.1. The fourth-order valence-electron chi connectivity index (χ4n) is 4.63. The predicted octanol–water partition coefficient (Wildman–Crippen LogP) is 3.08. The van der Waals surface area contributed by atoms with Crippen molar-refractivity contribution in [2.75, 3.05) is 31.7 Å². The van der Waals surface area contributed by atoms with Crippen LogP contribution in [0.2, 0.25) is 0 Å². The second kappa shape index (κ2) is 15.2. The van der Waals surface area contributed by atoms with Crippen LogP contribution >= 0.6 is 11.8 Å². The second-order valence-corrected chi connectivity index (χ2v) is 11.2. The van der Waals surface area contributed by atoms with E-state index in [-0.39, 0.29) is 42.6 Å². The summed E-state index contributed by atoms with van der Waals surface area (Å²) in [5.41, 5.74) is 1.80. The average Bonchev–Trinajstić information content (AvgIpc) is 3.45. The first-order valence-corrected chi connectivity index (χ1v) is 15.4. The number of aromatic nitrogens is 3. The van der Waals surface area contributed by atoms with E-state index < -0.39 is 17.8 Å². The van der Waals surface area contributed by atoms with Crippen molar-refractivity contribution in [3.63, 3.8) is 0 Å². The lowest BCUT2D eigenvalue weighted by Gasteiger charge is -2.23. The molecule has 2 heterocycles. The van der Waals surface area contributed by atoms with E-state index in [1.54, 1.807) is 34.8 Å². The number of amides is 3. The largest absolute Gasteiger partial charge is 0.494 e. The Hall–Kier alpha value is -4.44. The van der Waals surface area contributed by atoms with Gasteiger partial charge in [-0.15, -0.1) is 5.10 Å². The summed E-state index contributed by atoms with van der Waals surface area (Å²) in [6, 6.07) is 9.92. The molecule has 226 valence electrons. The van der Waals surface area contributed by atoms with Crippen molar-refractivity contribution in [3.8, 4) is 11.8 Å². The molecule has 43 heavy (non-hydrogen) atoms. The molecular weight excluding hydrogens is 573 g/mol. The van der Waals surface area contributed by atoms with Gasteiger partial charge in [-0.1, -0.05) is 11.3 Å². The summed E-state index contributed by atoms with van der Waals surface area (Å²) in [6.07, 6.45) is 5.09. The molecule has 0 spiro atoms. The Labute approximate surface area is 253 Å². The molecule has 1 aliphatic heterocycles. The van der Waals surface area contributed by atoms with Crippen molar-refractivity contribution in [3.05, 3.63) is 76.4 Å². The summed E-state index contributed by atoms with van der Waals surface area (Å²) in [7, 11) is 0. The minimum Gasteiger partial charge on any atom is -0.494 e. The number of nitrogens with zero attached hydrogens (tertiary/aromatic N) is 5. The van der Waals surface area contributed by atoms with E-state index in [1.165, 1.54) is 11.0 Å². The number of carbonyl (C=O) groups is 3. The van der Waals surface area contributed by atoms with Crippen LogP contribution in [0.25, 0.3) is 0 Å².